The van der Waals surface area contributed by atoms with Crippen LogP contribution in [-0.2, 0) is 16.6 Å². The molecule has 5 heteroatoms. The lowest BCUT2D eigenvalue weighted by molar-refractivity contribution is 0.149. The van der Waals surface area contributed by atoms with Crippen LogP contribution in [0.5, 0.6) is 0 Å². The van der Waals surface area contributed by atoms with Gasteiger partial charge in [0.1, 0.15) is 0 Å². The van der Waals surface area contributed by atoms with Gasteiger partial charge in [-0.05, 0) is 38.8 Å². The molecule has 0 aromatic carbocycles. The zero-order valence-corrected chi connectivity index (χ0v) is 12.2. The van der Waals surface area contributed by atoms with Gasteiger partial charge in [-0.25, -0.2) is 0 Å². The Labute approximate surface area is 115 Å². The van der Waals surface area contributed by atoms with Gasteiger partial charge in [0.25, 0.3) is 0 Å². The molecular weight excluding hydrogens is 242 g/mol. The summed E-state index contributed by atoms with van der Waals surface area (Å²) >= 11 is 0. The van der Waals surface area contributed by atoms with Crippen molar-refractivity contribution >= 4 is 0 Å². The molecule has 19 heavy (non-hydrogen) atoms. The molecule has 1 aromatic rings. The van der Waals surface area contributed by atoms with Crippen LogP contribution in [0.3, 0.4) is 0 Å². The molecule has 1 aliphatic heterocycles. The minimum atomic E-state index is -0.0652. The van der Waals surface area contributed by atoms with Gasteiger partial charge in [-0.3, -0.25) is 0 Å². The third-order valence-electron chi connectivity index (χ3n) is 4.01. The van der Waals surface area contributed by atoms with Gasteiger partial charge in [0, 0.05) is 18.4 Å². The summed E-state index contributed by atoms with van der Waals surface area (Å²) in [7, 11) is 0. The molecule has 2 rings (SSSR count). The average molecular weight is 267 g/mol. The lowest BCUT2D eigenvalue weighted by Gasteiger charge is -2.34. The van der Waals surface area contributed by atoms with Crippen LogP contribution in [-0.4, -0.2) is 36.4 Å². The Bertz CT molecular complexity index is 384. The van der Waals surface area contributed by atoms with Gasteiger partial charge in [0.2, 0.25) is 5.89 Å². The van der Waals surface area contributed by atoms with Crippen LogP contribution in [0.25, 0.3) is 0 Å². The van der Waals surface area contributed by atoms with Crippen LogP contribution in [0.15, 0.2) is 4.52 Å². The predicted molar refractivity (Wildman–Crippen MR) is 73.1 cm³/mol. The highest BCUT2D eigenvalue weighted by Gasteiger charge is 2.37. The number of rotatable bonds is 6. The van der Waals surface area contributed by atoms with Gasteiger partial charge < -0.3 is 14.6 Å². The number of nitrogens with one attached hydrogen (secondary N) is 1. The van der Waals surface area contributed by atoms with Gasteiger partial charge in [-0.15, -0.1) is 0 Å². The third kappa shape index (κ3) is 3.54. The molecule has 1 aromatic heterocycles. The number of ether oxygens (including phenoxy) is 1. The minimum absolute atomic E-state index is 0.0652. The van der Waals surface area contributed by atoms with Gasteiger partial charge in [0.15, 0.2) is 5.82 Å². The summed E-state index contributed by atoms with van der Waals surface area (Å²) in [6, 6.07) is 0. The van der Waals surface area contributed by atoms with Crippen molar-refractivity contribution in [2.24, 2.45) is 5.92 Å². The van der Waals surface area contributed by atoms with E-state index in [0.717, 1.165) is 37.8 Å². The first kappa shape index (κ1) is 14.5. The first-order valence-corrected chi connectivity index (χ1v) is 7.26. The second kappa shape index (κ2) is 6.48. The van der Waals surface area contributed by atoms with Crippen LogP contribution in [0.4, 0.5) is 0 Å². The van der Waals surface area contributed by atoms with Gasteiger partial charge in [0.05, 0.1) is 6.61 Å². The number of piperidine rings is 1. The zero-order valence-electron chi connectivity index (χ0n) is 12.2. The summed E-state index contributed by atoms with van der Waals surface area (Å²) in [5.41, 5.74) is -0.0652. The van der Waals surface area contributed by atoms with E-state index in [1.165, 1.54) is 12.8 Å². The molecule has 0 spiro atoms. The maximum Gasteiger partial charge on any atom is 0.232 e. The molecule has 1 N–H and O–H groups in total. The largest absolute Gasteiger partial charge is 0.381 e. The van der Waals surface area contributed by atoms with E-state index in [9.17, 15) is 0 Å². The molecule has 1 fully saturated rings. The summed E-state index contributed by atoms with van der Waals surface area (Å²) in [5, 5.41) is 7.51. The normalized spacial score (nSPS) is 20.7. The van der Waals surface area contributed by atoms with E-state index < -0.39 is 0 Å². The maximum atomic E-state index is 5.47. The number of nitrogens with zero attached hydrogens (tertiary/aromatic N) is 2. The van der Waals surface area contributed by atoms with E-state index in [1.54, 1.807) is 0 Å². The van der Waals surface area contributed by atoms with Crippen molar-refractivity contribution in [1.82, 2.24) is 15.5 Å². The van der Waals surface area contributed by atoms with Crippen LogP contribution >= 0.6 is 0 Å². The topological polar surface area (TPSA) is 60.2 Å². The van der Waals surface area contributed by atoms with Crippen LogP contribution in [0.1, 0.15) is 45.3 Å². The fourth-order valence-corrected chi connectivity index (χ4v) is 2.57. The average Bonchev–Trinajstić information content (AvgIpc) is 2.90. The maximum absolute atomic E-state index is 5.47. The van der Waals surface area contributed by atoms with Crippen molar-refractivity contribution in [3.8, 4) is 0 Å². The van der Waals surface area contributed by atoms with E-state index in [1.807, 2.05) is 6.92 Å². The first-order chi connectivity index (χ1) is 9.14. The molecule has 1 atom stereocenters. The molecular formula is C14H25N3O2. The minimum Gasteiger partial charge on any atom is -0.381 e. The molecule has 1 saturated heterocycles. The van der Waals surface area contributed by atoms with Crippen molar-refractivity contribution in [1.29, 1.82) is 0 Å². The fraction of sp³-hybridized carbons (Fsp3) is 0.857. The standard InChI is InChI=1S/C14H25N3O2/c1-4-18-9-7-12-16-13(19-17-12)14(2,3)11-6-5-8-15-10-11/h11,15H,4-10H2,1-3H3. The summed E-state index contributed by atoms with van der Waals surface area (Å²) in [5.74, 6) is 2.06. The highest BCUT2D eigenvalue weighted by molar-refractivity contribution is 5.05. The first-order valence-electron chi connectivity index (χ1n) is 7.26. The molecule has 0 aliphatic carbocycles. The molecule has 0 bridgehead atoms. The fourth-order valence-electron chi connectivity index (χ4n) is 2.57. The Morgan fingerprint density at radius 1 is 1.47 bits per heavy atom. The second-order valence-electron chi connectivity index (χ2n) is 5.73. The van der Waals surface area contributed by atoms with E-state index in [0.29, 0.717) is 12.5 Å². The zero-order chi connectivity index (χ0) is 13.7. The summed E-state index contributed by atoms with van der Waals surface area (Å²) < 4.78 is 10.8. The predicted octanol–water partition coefficient (Wildman–Crippen LogP) is 1.93. The number of aromatic nitrogens is 2. The molecule has 5 nitrogen and oxygen atoms in total. The molecule has 1 unspecified atom stereocenters. The van der Waals surface area contributed by atoms with E-state index in [4.69, 9.17) is 9.26 Å². The van der Waals surface area contributed by atoms with Crippen molar-refractivity contribution < 1.29 is 9.26 Å². The van der Waals surface area contributed by atoms with Crippen LogP contribution in [0, 0.1) is 5.92 Å². The Balaban J connectivity index is 1.99. The van der Waals surface area contributed by atoms with Crippen LogP contribution in [0.2, 0.25) is 0 Å². The summed E-state index contributed by atoms with van der Waals surface area (Å²) in [6.07, 6.45) is 3.16. The van der Waals surface area contributed by atoms with Crippen molar-refractivity contribution in [2.75, 3.05) is 26.3 Å². The van der Waals surface area contributed by atoms with E-state index in [2.05, 4.69) is 29.3 Å². The van der Waals surface area contributed by atoms with Gasteiger partial charge in [-0.2, -0.15) is 4.98 Å². The SMILES string of the molecule is CCOCCc1noc(C(C)(C)C2CCCNC2)n1. The molecule has 0 radical (unpaired) electrons. The van der Waals surface area contributed by atoms with E-state index in [-0.39, 0.29) is 5.41 Å². The second-order valence-corrected chi connectivity index (χ2v) is 5.73. The van der Waals surface area contributed by atoms with Crippen molar-refractivity contribution in [3.05, 3.63) is 11.7 Å². The van der Waals surface area contributed by atoms with Gasteiger partial charge >= 0.3 is 0 Å². The van der Waals surface area contributed by atoms with Crippen LogP contribution < -0.4 is 5.32 Å². The molecule has 2 heterocycles. The lowest BCUT2D eigenvalue weighted by Crippen LogP contribution is -2.40. The van der Waals surface area contributed by atoms with Gasteiger partial charge in [-0.1, -0.05) is 19.0 Å². The molecule has 0 saturated carbocycles. The summed E-state index contributed by atoms with van der Waals surface area (Å²) in [4.78, 5) is 4.54. The highest BCUT2D eigenvalue weighted by Crippen LogP contribution is 2.34. The number of hydrogen-bond donors (Lipinski definition) is 1. The smallest absolute Gasteiger partial charge is 0.232 e. The Kier molecular flexibility index (Phi) is 4.93. The van der Waals surface area contributed by atoms with Crippen molar-refractivity contribution in [3.63, 3.8) is 0 Å². The third-order valence-corrected chi connectivity index (χ3v) is 4.01. The van der Waals surface area contributed by atoms with E-state index >= 15 is 0 Å². The molecule has 108 valence electrons. The Morgan fingerprint density at radius 3 is 3.00 bits per heavy atom. The highest BCUT2D eigenvalue weighted by atomic mass is 16.5. The molecule has 0 amide bonds. The molecule has 1 aliphatic rings. The Morgan fingerprint density at radius 2 is 2.32 bits per heavy atom. The monoisotopic (exact) mass is 267 g/mol. The Hall–Kier alpha value is -0.940. The van der Waals surface area contributed by atoms with Crippen molar-refractivity contribution in [2.45, 2.75) is 45.4 Å². The quantitative estimate of drug-likeness (QED) is 0.798. The lowest BCUT2D eigenvalue weighted by atomic mass is 9.75. The number of hydrogen-bond acceptors (Lipinski definition) is 5. The summed E-state index contributed by atoms with van der Waals surface area (Å²) in [6.45, 7) is 9.92.